The number of primary amides is 1. The lowest BCUT2D eigenvalue weighted by Gasteiger charge is -1.90. The van der Waals surface area contributed by atoms with Gasteiger partial charge < -0.3 is 5.73 Å². The van der Waals surface area contributed by atoms with Gasteiger partial charge >= 0.3 is 0 Å². The smallest absolute Gasteiger partial charge is 0.293 e. The van der Waals surface area contributed by atoms with Crippen molar-refractivity contribution in [1.82, 2.24) is 0 Å². The number of amides is 1. The Morgan fingerprint density at radius 2 is 2.25 bits per heavy atom. The lowest BCUT2D eigenvalue weighted by molar-refractivity contribution is -0.112. The van der Waals surface area contributed by atoms with E-state index in [9.17, 15) is 4.79 Å². The number of nitrogens with two attached hydrogens (primary N) is 1. The van der Waals surface area contributed by atoms with Crippen molar-refractivity contribution >= 4 is 18.5 Å². The van der Waals surface area contributed by atoms with Gasteiger partial charge in [-0.25, -0.2) is 0 Å². The van der Waals surface area contributed by atoms with E-state index >= 15 is 0 Å². The molecule has 2 N–H and O–H groups in total. The molecule has 0 spiro atoms. The molecule has 0 saturated heterocycles. The number of rotatable bonds is 0. The average molecular weight is 177 g/mol. The van der Waals surface area contributed by atoms with Crippen molar-refractivity contribution in [2.45, 2.75) is 4.90 Å². The van der Waals surface area contributed by atoms with Crippen LogP contribution in [0.1, 0.15) is 5.56 Å². The lowest BCUT2D eigenvalue weighted by atomic mass is 10.2. The van der Waals surface area contributed by atoms with Crippen molar-refractivity contribution < 1.29 is 4.79 Å². The second kappa shape index (κ2) is 3.84. The Balaban J connectivity index is 2.92. The molecule has 0 radical (unpaired) electrons. The second-order valence-corrected chi connectivity index (χ2v) is 2.68. The molecule has 0 aliphatic carbocycles. The first-order chi connectivity index (χ1) is 5.68. The molecule has 12 heavy (non-hydrogen) atoms. The zero-order chi connectivity index (χ0) is 8.97. The van der Waals surface area contributed by atoms with Gasteiger partial charge in [-0.3, -0.25) is 4.79 Å². The van der Waals surface area contributed by atoms with Crippen LogP contribution < -0.4 is 5.73 Å². The van der Waals surface area contributed by atoms with Crippen molar-refractivity contribution in [3.63, 3.8) is 0 Å². The summed E-state index contributed by atoms with van der Waals surface area (Å²) in [7, 11) is 0. The predicted molar refractivity (Wildman–Crippen MR) is 49.8 cm³/mol. The third-order valence-corrected chi connectivity index (χ3v) is 1.45. The Kier molecular flexibility index (Phi) is 2.78. The Bertz CT molecular complexity index is 362. The monoisotopic (exact) mass is 177 g/mol. The first-order valence-corrected chi connectivity index (χ1v) is 3.73. The van der Waals surface area contributed by atoms with E-state index in [2.05, 4.69) is 24.5 Å². The van der Waals surface area contributed by atoms with Gasteiger partial charge in [0.05, 0.1) is 0 Å². The van der Waals surface area contributed by atoms with Gasteiger partial charge in [0.1, 0.15) is 0 Å². The maximum atomic E-state index is 10.3. The van der Waals surface area contributed by atoms with E-state index in [-0.39, 0.29) is 0 Å². The van der Waals surface area contributed by atoms with Crippen molar-refractivity contribution in [3.05, 3.63) is 29.8 Å². The minimum atomic E-state index is -0.625. The molecule has 0 aromatic heterocycles. The van der Waals surface area contributed by atoms with Gasteiger partial charge in [-0.1, -0.05) is 12.0 Å². The highest BCUT2D eigenvalue weighted by Crippen LogP contribution is 2.06. The zero-order valence-corrected chi connectivity index (χ0v) is 7.14. The first kappa shape index (κ1) is 8.69. The summed E-state index contributed by atoms with van der Waals surface area (Å²) in [6, 6.07) is 7.20. The highest BCUT2D eigenvalue weighted by molar-refractivity contribution is 7.80. The zero-order valence-electron chi connectivity index (χ0n) is 6.24. The van der Waals surface area contributed by atoms with Gasteiger partial charge in [-0.15, -0.1) is 12.6 Å². The number of carbonyl (C=O) groups is 1. The summed E-state index contributed by atoms with van der Waals surface area (Å²) in [6.07, 6.45) is 0. The van der Waals surface area contributed by atoms with E-state index in [0.29, 0.717) is 0 Å². The largest absolute Gasteiger partial charge is 0.359 e. The normalized spacial score (nSPS) is 8.42. The summed E-state index contributed by atoms with van der Waals surface area (Å²) >= 11 is 4.11. The summed E-state index contributed by atoms with van der Waals surface area (Å²) in [5.74, 6) is 4.23. The first-order valence-electron chi connectivity index (χ1n) is 3.29. The van der Waals surface area contributed by atoms with Crippen LogP contribution in [-0.2, 0) is 4.79 Å². The Morgan fingerprint density at radius 3 is 2.83 bits per heavy atom. The molecular formula is C9H7NOS. The summed E-state index contributed by atoms with van der Waals surface area (Å²) in [5.41, 5.74) is 5.58. The van der Waals surface area contributed by atoms with Gasteiger partial charge in [-0.05, 0) is 24.1 Å². The molecule has 0 saturated carbocycles. The Labute approximate surface area is 76.2 Å². The molecule has 1 rings (SSSR count). The van der Waals surface area contributed by atoms with Crippen LogP contribution in [0.2, 0.25) is 0 Å². The van der Waals surface area contributed by atoms with Crippen molar-refractivity contribution in [2.24, 2.45) is 5.73 Å². The average Bonchev–Trinajstić information content (AvgIpc) is 2.01. The fraction of sp³-hybridized carbons (Fsp3) is 0. The predicted octanol–water partition coefficient (Wildman–Crippen LogP) is 0.812. The molecule has 0 aliphatic rings. The molecular weight excluding hydrogens is 170 g/mol. The molecule has 0 fully saturated rings. The third-order valence-electron chi connectivity index (χ3n) is 1.18. The van der Waals surface area contributed by atoms with Crippen LogP contribution in [0.4, 0.5) is 0 Å². The molecule has 1 aromatic carbocycles. The molecule has 60 valence electrons. The number of thiol groups is 1. The van der Waals surface area contributed by atoms with Crippen LogP contribution in [-0.4, -0.2) is 5.91 Å². The number of hydrogen-bond donors (Lipinski definition) is 2. The summed E-state index contributed by atoms with van der Waals surface area (Å²) in [4.78, 5) is 11.1. The molecule has 3 heteroatoms. The van der Waals surface area contributed by atoms with Crippen LogP contribution >= 0.6 is 12.6 Å². The maximum absolute atomic E-state index is 10.3. The van der Waals surface area contributed by atoms with Crippen LogP contribution in [0.25, 0.3) is 0 Å². The molecule has 0 heterocycles. The van der Waals surface area contributed by atoms with Crippen molar-refractivity contribution in [2.75, 3.05) is 0 Å². The molecule has 0 bridgehead atoms. The minimum absolute atomic E-state index is 0.625. The Morgan fingerprint density at radius 1 is 1.50 bits per heavy atom. The molecule has 0 unspecified atom stereocenters. The topological polar surface area (TPSA) is 43.1 Å². The number of carbonyl (C=O) groups excluding carboxylic acids is 1. The van der Waals surface area contributed by atoms with E-state index in [1.807, 2.05) is 12.1 Å². The highest BCUT2D eigenvalue weighted by atomic mass is 32.1. The van der Waals surface area contributed by atoms with E-state index in [0.717, 1.165) is 10.5 Å². The number of hydrogen-bond acceptors (Lipinski definition) is 2. The second-order valence-electron chi connectivity index (χ2n) is 2.16. The maximum Gasteiger partial charge on any atom is 0.293 e. The van der Waals surface area contributed by atoms with Gasteiger partial charge in [0.15, 0.2) is 0 Å². The summed E-state index contributed by atoms with van der Waals surface area (Å²) < 4.78 is 0. The van der Waals surface area contributed by atoms with Crippen molar-refractivity contribution in [3.8, 4) is 11.8 Å². The Hall–Kier alpha value is -1.40. The quantitative estimate of drug-likeness (QED) is 0.447. The van der Waals surface area contributed by atoms with Crippen LogP contribution in [0.3, 0.4) is 0 Å². The fourth-order valence-electron chi connectivity index (χ4n) is 0.717. The number of benzene rings is 1. The fourth-order valence-corrected chi connectivity index (χ4v) is 0.943. The van der Waals surface area contributed by atoms with E-state index in [1.165, 1.54) is 0 Å². The minimum Gasteiger partial charge on any atom is -0.359 e. The highest BCUT2D eigenvalue weighted by Gasteiger charge is 1.87. The molecule has 1 amide bonds. The van der Waals surface area contributed by atoms with E-state index < -0.39 is 5.91 Å². The molecule has 2 nitrogen and oxygen atoms in total. The molecule has 1 aromatic rings. The lowest BCUT2D eigenvalue weighted by Crippen LogP contribution is -2.06. The van der Waals surface area contributed by atoms with Gasteiger partial charge in [-0.2, -0.15) is 0 Å². The molecule has 0 aliphatic heterocycles. The van der Waals surface area contributed by atoms with Crippen LogP contribution in [0.5, 0.6) is 0 Å². The van der Waals surface area contributed by atoms with Gasteiger partial charge in [0.2, 0.25) is 0 Å². The van der Waals surface area contributed by atoms with E-state index in [4.69, 9.17) is 5.73 Å². The summed E-state index contributed by atoms with van der Waals surface area (Å²) in [5, 5.41) is 0. The summed E-state index contributed by atoms with van der Waals surface area (Å²) in [6.45, 7) is 0. The van der Waals surface area contributed by atoms with Gasteiger partial charge in [0.25, 0.3) is 5.91 Å². The van der Waals surface area contributed by atoms with Gasteiger partial charge in [0, 0.05) is 10.5 Å². The van der Waals surface area contributed by atoms with Crippen LogP contribution in [0.15, 0.2) is 29.2 Å². The van der Waals surface area contributed by atoms with Crippen molar-refractivity contribution in [1.29, 1.82) is 0 Å². The van der Waals surface area contributed by atoms with E-state index in [1.54, 1.807) is 12.1 Å². The van der Waals surface area contributed by atoms with Crippen LogP contribution in [0, 0.1) is 11.8 Å². The molecule has 0 atom stereocenters. The third kappa shape index (κ3) is 2.69. The standard InChI is InChI=1S/C9H7NOS/c10-9(11)5-4-7-2-1-3-8(12)6-7/h1-3,6,12H,(H2,10,11). The SMILES string of the molecule is NC(=O)C#Cc1cccc(S)c1.